The first kappa shape index (κ1) is 18.4. The van der Waals surface area contributed by atoms with Gasteiger partial charge in [0, 0.05) is 13.1 Å². The van der Waals surface area contributed by atoms with Crippen molar-refractivity contribution in [2.75, 3.05) is 32.8 Å². The number of carbonyl (C=O) groups excluding carboxylic acids is 1. The fourth-order valence-corrected chi connectivity index (χ4v) is 3.20. The van der Waals surface area contributed by atoms with Gasteiger partial charge in [-0.1, -0.05) is 25.3 Å². The maximum atomic E-state index is 12.4. The number of hydrogen-bond acceptors (Lipinski definition) is 4. The van der Waals surface area contributed by atoms with Crippen molar-refractivity contribution < 1.29 is 23.0 Å². The number of allylic oxidation sites excluding steroid dienone is 4. The number of ether oxygens (including phenoxy) is 2. The molecule has 2 heterocycles. The second-order valence-electron chi connectivity index (χ2n) is 5.28. The molecule has 0 aliphatic carbocycles. The average Bonchev–Trinajstić information content (AvgIpc) is 2.57. The van der Waals surface area contributed by atoms with Crippen molar-refractivity contribution in [2.45, 2.75) is 12.5 Å². The summed E-state index contributed by atoms with van der Waals surface area (Å²) >= 11 is -2.23. The van der Waals surface area contributed by atoms with Gasteiger partial charge >= 0.3 is 0 Å². The van der Waals surface area contributed by atoms with Gasteiger partial charge in [0.05, 0.1) is 31.9 Å². The number of nitrogens with zero attached hydrogens (tertiary/aromatic N) is 2. The minimum Gasteiger partial charge on any atom is -0.486 e. The summed E-state index contributed by atoms with van der Waals surface area (Å²) in [5.41, 5.74) is 0.431. The lowest BCUT2D eigenvalue weighted by molar-refractivity contribution is -0.138. The summed E-state index contributed by atoms with van der Waals surface area (Å²) in [6.07, 6.45) is 5.82. The Labute approximate surface area is 144 Å². The standard InChI is InChI=1S/C16H22N2O5S/c1-3-5-14-15(6-4-2)23-13(12-18(14)24(20)21)11-16(19)17-7-9-22-10-8-17/h3-6,13H,1-2,7-12H2,(H,20,21)/b14-5+,15-6+. The molecule has 132 valence electrons. The van der Waals surface area contributed by atoms with Crippen LogP contribution in [0.15, 0.2) is 48.9 Å². The highest BCUT2D eigenvalue weighted by atomic mass is 32.2. The van der Waals surface area contributed by atoms with Crippen molar-refractivity contribution in [2.24, 2.45) is 0 Å². The summed E-state index contributed by atoms with van der Waals surface area (Å²) in [7, 11) is 0. The van der Waals surface area contributed by atoms with Gasteiger partial charge in [-0.3, -0.25) is 13.7 Å². The van der Waals surface area contributed by atoms with Crippen LogP contribution in [0.5, 0.6) is 0 Å². The van der Waals surface area contributed by atoms with Crippen molar-refractivity contribution in [3.05, 3.63) is 48.9 Å². The third-order valence-corrected chi connectivity index (χ3v) is 4.41. The molecular formula is C16H22N2O5S. The van der Waals surface area contributed by atoms with Crippen LogP contribution in [-0.4, -0.2) is 62.8 Å². The predicted octanol–water partition coefficient (Wildman–Crippen LogP) is 1.21. The van der Waals surface area contributed by atoms with Gasteiger partial charge in [0.15, 0.2) is 0 Å². The first-order valence-electron chi connectivity index (χ1n) is 7.63. The fraction of sp³-hybridized carbons (Fsp3) is 0.438. The van der Waals surface area contributed by atoms with Crippen molar-refractivity contribution in [1.82, 2.24) is 9.21 Å². The van der Waals surface area contributed by atoms with Crippen molar-refractivity contribution in [3.63, 3.8) is 0 Å². The van der Waals surface area contributed by atoms with Gasteiger partial charge in [-0.15, -0.1) is 0 Å². The van der Waals surface area contributed by atoms with Crippen LogP contribution in [0, 0.1) is 0 Å². The minimum absolute atomic E-state index is 0.0546. The maximum Gasteiger partial charge on any atom is 0.262 e. The lowest BCUT2D eigenvalue weighted by Crippen LogP contribution is -2.46. The van der Waals surface area contributed by atoms with Crippen LogP contribution < -0.4 is 0 Å². The van der Waals surface area contributed by atoms with E-state index in [-0.39, 0.29) is 18.9 Å². The second-order valence-corrected chi connectivity index (χ2v) is 6.19. The zero-order valence-corrected chi connectivity index (χ0v) is 14.2. The summed E-state index contributed by atoms with van der Waals surface area (Å²) in [6, 6.07) is 0. The first-order valence-corrected chi connectivity index (χ1v) is 8.69. The van der Waals surface area contributed by atoms with Crippen LogP contribution in [0.1, 0.15) is 6.42 Å². The Morgan fingerprint density at radius 1 is 1.29 bits per heavy atom. The molecule has 0 saturated carbocycles. The van der Waals surface area contributed by atoms with Crippen molar-refractivity contribution in [1.29, 1.82) is 0 Å². The van der Waals surface area contributed by atoms with E-state index in [1.165, 1.54) is 16.5 Å². The Bertz CT molecular complexity index is 581. The molecular weight excluding hydrogens is 332 g/mol. The molecule has 1 N–H and O–H groups in total. The normalized spacial score (nSPS) is 26.1. The smallest absolute Gasteiger partial charge is 0.262 e. The van der Waals surface area contributed by atoms with E-state index in [1.54, 1.807) is 17.1 Å². The molecule has 2 atom stereocenters. The topological polar surface area (TPSA) is 79.3 Å². The van der Waals surface area contributed by atoms with E-state index < -0.39 is 17.4 Å². The van der Waals surface area contributed by atoms with Gasteiger partial charge in [-0.25, -0.2) is 4.21 Å². The van der Waals surface area contributed by atoms with Crippen LogP contribution >= 0.6 is 0 Å². The molecule has 0 aromatic heterocycles. The molecule has 0 aromatic rings. The quantitative estimate of drug-likeness (QED) is 0.751. The maximum absolute atomic E-state index is 12.4. The van der Waals surface area contributed by atoms with Gasteiger partial charge < -0.3 is 14.4 Å². The van der Waals surface area contributed by atoms with Crippen molar-refractivity contribution >= 4 is 17.2 Å². The highest BCUT2D eigenvalue weighted by Gasteiger charge is 2.33. The molecule has 0 radical (unpaired) electrons. The Morgan fingerprint density at radius 2 is 1.96 bits per heavy atom. The van der Waals surface area contributed by atoms with Crippen LogP contribution in [0.4, 0.5) is 0 Å². The monoisotopic (exact) mass is 354 g/mol. The Kier molecular flexibility index (Phi) is 6.77. The van der Waals surface area contributed by atoms with Gasteiger partial charge in [0.1, 0.15) is 11.9 Å². The van der Waals surface area contributed by atoms with E-state index in [0.717, 1.165) is 0 Å². The molecule has 0 spiro atoms. The number of morpholine rings is 2. The molecule has 2 aliphatic heterocycles. The number of rotatable bonds is 5. The molecule has 2 unspecified atom stereocenters. The number of hydrogen-bond donors (Lipinski definition) is 1. The lowest BCUT2D eigenvalue weighted by Gasteiger charge is -2.36. The van der Waals surface area contributed by atoms with Crippen LogP contribution in [0.25, 0.3) is 0 Å². The zero-order chi connectivity index (χ0) is 17.5. The molecule has 24 heavy (non-hydrogen) atoms. The Balaban J connectivity index is 2.14. The zero-order valence-electron chi connectivity index (χ0n) is 13.4. The molecule has 8 heteroatoms. The highest BCUT2D eigenvalue weighted by molar-refractivity contribution is 7.76. The third kappa shape index (κ3) is 4.56. The summed E-state index contributed by atoms with van der Waals surface area (Å²) in [4.78, 5) is 14.1. The van der Waals surface area contributed by atoms with E-state index in [2.05, 4.69) is 13.2 Å². The van der Waals surface area contributed by atoms with E-state index >= 15 is 0 Å². The molecule has 0 bridgehead atoms. The number of carbonyl (C=O) groups is 1. The molecule has 1 amide bonds. The molecule has 7 nitrogen and oxygen atoms in total. The molecule has 2 saturated heterocycles. The summed E-state index contributed by atoms with van der Waals surface area (Å²) < 4.78 is 33.6. The summed E-state index contributed by atoms with van der Waals surface area (Å²) in [6.45, 7) is 9.52. The molecule has 0 aromatic carbocycles. The van der Waals surface area contributed by atoms with Crippen LogP contribution in [0.3, 0.4) is 0 Å². The Morgan fingerprint density at radius 3 is 2.54 bits per heavy atom. The van der Waals surface area contributed by atoms with Crippen LogP contribution in [0.2, 0.25) is 0 Å². The van der Waals surface area contributed by atoms with Gasteiger partial charge in [0.2, 0.25) is 5.91 Å². The van der Waals surface area contributed by atoms with E-state index in [1.807, 2.05) is 0 Å². The van der Waals surface area contributed by atoms with Crippen molar-refractivity contribution in [3.8, 4) is 0 Å². The van der Waals surface area contributed by atoms with Gasteiger partial charge in [0.25, 0.3) is 11.3 Å². The van der Waals surface area contributed by atoms with E-state index in [9.17, 15) is 13.6 Å². The average molecular weight is 354 g/mol. The highest BCUT2D eigenvalue weighted by Crippen LogP contribution is 2.28. The van der Waals surface area contributed by atoms with E-state index in [0.29, 0.717) is 37.8 Å². The summed E-state index contributed by atoms with van der Waals surface area (Å²) in [5, 5.41) is 0. The van der Waals surface area contributed by atoms with Gasteiger partial charge in [-0.05, 0) is 12.2 Å². The van der Waals surface area contributed by atoms with E-state index in [4.69, 9.17) is 9.47 Å². The minimum atomic E-state index is -2.23. The molecule has 2 rings (SSSR count). The molecule has 2 fully saturated rings. The van der Waals surface area contributed by atoms with Gasteiger partial charge in [-0.2, -0.15) is 0 Å². The van der Waals surface area contributed by atoms with Crippen LogP contribution in [-0.2, 0) is 25.5 Å². The predicted molar refractivity (Wildman–Crippen MR) is 90.9 cm³/mol. The number of amides is 1. The lowest BCUT2D eigenvalue weighted by atomic mass is 10.1. The third-order valence-electron chi connectivity index (χ3n) is 3.68. The SMILES string of the molecule is C=C/C=C1/OC(CC(=O)N2CCOCC2)CN(S(=O)O)/C1=C/C=C. The summed E-state index contributed by atoms with van der Waals surface area (Å²) in [5.74, 6) is 0.333. The first-order chi connectivity index (χ1) is 11.6. The second kappa shape index (κ2) is 8.81. The molecule has 2 aliphatic rings. The fourth-order valence-electron chi connectivity index (χ4n) is 2.58. The Hall–Kier alpha value is -1.90. The largest absolute Gasteiger partial charge is 0.486 e.